The fourth-order valence-corrected chi connectivity index (χ4v) is 2.02. The van der Waals surface area contributed by atoms with Crippen LogP contribution in [0.5, 0.6) is 0 Å². The van der Waals surface area contributed by atoms with Crippen molar-refractivity contribution in [2.24, 2.45) is 0 Å². The van der Waals surface area contributed by atoms with E-state index in [0.29, 0.717) is 5.95 Å². The van der Waals surface area contributed by atoms with Gasteiger partial charge in [0.2, 0.25) is 12.3 Å². The zero-order valence-electron chi connectivity index (χ0n) is 13.5. The lowest BCUT2D eigenvalue weighted by Crippen LogP contribution is -1.95. The zero-order valence-corrected chi connectivity index (χ0v) is 13.5. The molecule has 0 spiro atoms. The second-order valence-electron chi connectivity index (χ2n) is 4.96. The first-order valence-corrected chi connectivity index (χ1v) is 7.47. The molecule has 0 fully saturated rings. The molecule has 0 radical (unpaired) electrons. The number of nitrogens with zero attached hydrogens (tertiary/aromatic N) is 7. The third-order valence-corrected chi connectivity index (χ3v) is 3.19. The molecule has 26 heavy (non-hydrogen) atoms. The van der Waals surface area contributed by atoms with Gasteiger partial charge in [-0.15, -0.1) is 9.78 Å². The van der Waals surface area contributed by atoms with E-state index < -0.39 is 10.9 Å². The number of nitro groups is 1. The lowest BCUT2D eigenvalue weighted by Gasteiger charge is -1.96. The van der Waals surface area contributed by atoms with E-state index in [1.165, 1.54) is 11.0 Å². The molecule has 0 aliphatic heterocycles. The summed E-state index contributed by atoms with van der Waals surface area (Å²) in [5.41, 5.74) is 7.08. The van der Waals surface area contributed by atoms with Gasteiger partial charge in [0.15, 0.2) is 0 Å². The van der Waals surface area contributed by atoms with Crippen LogP contribution in [0, 0.1) is 10.1 Å². The molecule has 0 aliphatic rings. The maximum atomic E-state index is 10.3. The fourth-order valence-electron chi connectivity index (χ4n) is 2.02. The van der Waals surface area contributed by atoms with Gasteiger partial charge in [0.1, 0.15) is 6.33 Å². The van der Waals surface area contributed by atoms with Crippen molar-refractivity contribution < 1.29 is 4.92 Å². The Morgan fingerprint density at radius 3 is 1.73 bits per heavy atom. The van der Waals surface area contributed by atoms with Crippen LogP contribution >= 0.6 is 0 Å². The molecule has 0 saturated heterocycles. The first-order chi connectivity index (χ1) is 12.6. The van der Waals surface area contributed by atoms with E-state index in [9.17, 15) is 10.1 Å². The molecule has 2 N–H and O–H groups in total. The van der Waals surface area contributed by atoms with Crippen molar-refractivity contribution in [3.63, 3.8) is 0 Å². The van der Waals surface area contributed by atoms with Crippen molar-refractivity contribution in [1.29, 1.82) is 0 Å². The SMILES string of the molecule is Nc1ncn(-c2ccccc2)n1.O=[N+]([O-])c1ncn(-c2ccccc2)n1. The summed E-state index contributed by atoms with van der Waals surface area (Å²) in [6.45, 7) is 0. The van der Waals surface area contributed by atoms with Gasteiger partial charge in [-0.2, -0.15) is 0 Å². The Balaban J connectivity index is 0.000000152. The number of anilines is 1. The Morgan fingerprint density at radius 1 is 0.808 bits per heavy atom. The third-order valence-electron chi connectivity index (χ3n) is 3.19. The highest BCUT2D eigenvalue weighted by Gasteiger charge is 2.13. The Morgan fingerprint density at radius 2 is 1.31 bits per heavy atom. The number of nitrogens with two attached hydrogens (primary N) is 1. The van der Waals surface area contributed by atoms with Gasteiger partial charge in [0, 0.05) is 5.10 Å². The van der Waals surface area contributed by atoms with Gasteiger partial charge in [-0.1, -0.05) is 41.4 Å². The van der Waals surface area contributed by atoms with E-state index in [1.54, 1.807) is 23.1 Å². The quantitative estimate of drug-likeness (QED) is 0.442. The van der Waals surface area contributed by atoms with Crippen molar-refractivity contribution in [2.45, 2.75) is 0 Å². The lowest BCUT2D eigenvalue weighted by atomic mass is 10.3. The van der Waals surface area contributed by atoms with Crippen LogP contribution in [0.15, 0.2) is 73.3 Å². The normalized spacial score (nSPS) is 10.0. The minimum absolute atomic E-state index is 0.291. The molecule has 2 aromatic carbocycles. The summed E-state index contributed by atoms with van der Waals surface area (Å²) in [6.07, 6.45) is 2.90. The minimum Gasteiger partial charge on any atom is -0.390 e. The molecule has 10 nitrogen and oxygen atoms in total. The molecule has 130 valence electrons. The van der Waals surface area contributed by atoms with Crippen LogP contribution in [0.1, 0.15) is 0 Å². The highest BCUT2D eigenvalue weighted by Crippen LogP contribution is 2.07. The molecule has 2 aromatic heterocycles. The number of hydrogen-bond acceptors (Lipinski definition) is 7. The second-order valence-corrected chi connectivity index (χ2v) is 4.96. The largest absolute Gasteiger partial charge is 0.491 e. The Bertz CT molecular complexity index is 982. The lowest BCUT2D eigenvalue weighted by molar-refractivity contribution is -0.394. The van der Waals surface area contributed by atoms with E-state index in [0.717, 1.165) is 11.4 Å². The van der Waals surface area contributed by atoms with Gasteiger partial charge >= 0.3 is 5.95 Å². The number of para-hydroxylation sites is 2. The van der Waals surface area contributed by atoms with Gasteiger partial charge in [0.05, 0.1) is 11.4 Å². The summed E-state index contributed by atoms with van der Waals surface area (Å²) in [6, 6.07) is 18.8. The molecule has 0 amide bonds. The molecule has 0 atom stereocenters. The predicted molar refractivity (Wildman–Crippen MR) is 93.8 cm³/mol. The molecule has 4 aromatic rings. The molecule has 0 unspecified atom stereocenters. The number of nitrogen functional groups attached to an aromatic ring is 1. The van der Waals surface area contributed by atoms with Crippen molar-refractivity contribution in [3.8, 4) is 11.4 Å². The van der Waals surface area contributed by atoms with Gasteiger partial charge in [-0.05, 0) is 29.2 Å². The number of hydrogen-bond donors (Lipinski definition) is 1. The van der Waals surface area contributed by atoms with E-state index in [-0.39, 0.29) is 0 Å². The van der Waals surface area contributed by atoms with Crippen molar-refractivity contribution in [1.82, 2.24) is 29.5 Å². The molecule has 10 heteroatoms. The third kappa shape index (κ3) is 4.06. The summed E-state index contributed by atoms with van der Waals surface area (Å²) in [5, 5.41) is 18.0. The predicted octanol–water partition coefficient (Wildman–Crippen LogP) is 2.02. The average Bonchev–Trinajstić information content (AvgIpc) is 3.33. The summed E-state index contributed by atoms with van der Waals surface area (Å²) >= 11 is 0. The molecule has 0 bridgehead atoms. The number of rotatable bonds is 3. The van der Waals surface area contributed by atoms with E-state index in [4.69, 9.17) is 5.73 Å². The van der Waals surface area contributed by atoms with Crippen LogP contribution in [0.4, 0.5) is 11.9 Å². The first kappa shape index (κ1) is 16.8. The van der Waals surface area contributed by atoms with E-state index >= 15 is 0 Å². The maximum absolute atomic E-state index is 10.3. The smallest absolute Gasteiger partial charge is 0.390 e. The summed E-state index contributed by atoms with van der Waals surface area (Å²) in [4.78, 5) is 17.1. The van der Waals surface area contributed by atoms with Crippen LogP contribution < -0.4 is 5.73 Å². The van der Waals surface area contributed by atoms with Crippen molar-refractivity contribution in [3.05, 3.63) is 83.4 Å². The highest BCUT2D eigenvalue weighted by molar-refractivity contribution is 5.31. The van der Waals surface area contributed by atoms with Gasteiger partial charge < -0.3 is 15.8 Å². The summed E-state index contributed by atoms with van der Waals surface area (Å²) in [7, 11) is 0. The summed E-state index contributed by atoms with van der Waals surface area (Å²) in [5.74, 6) is -0.104. The molecule has 0 aliphatic carbocycles. The maximum Gasteiger partial charge on any atom is 0.491 e. The molecule has 2 heterocycles. The van der Waals surface area contributed by atoms with Crippen LogP contribution in [0.2, 0.25) is 0 Å². The van der Waals surface area contributed by atoms with Crippen LogP contribution in [-0.4, -0.2) is 34.5 Å². The zero-order chi connectivity index (χ0) is 18.4. The van der Waals surface area contributed by atoms with Crippen LogP contribution in [0.3, 0.4) is 0 Å². The number of aromatic nitrogens is 6. The average molecular weight is 350 g/mol. The fraction of sp³-hybridized carbons (Fsp3) is 0. The minimum atomic E-state index is -0.626. The Labute approximate surface area is 147 Å². The number of benzene rings is 2. The van der Waals surface area contributed by atoms with Gasteiger partial charge in [-0.25, -0.2) is 9.67 Å². The van der Waals surface area contributed by atoms with Crippen molar-refractivity contribution >= 4 is 11.9 Å². The molecular weight excluding hydrogens is 336 g/mol. The Hall–Kier alpha value is -4.08. The summed E-state index contributed by atoms with van der Waals surface area (Å²) < 4.78 is 2.99. The molecule has 4 rings (SSSR count). The van der Waals surface area contributed by atoms with Gasteiger partial charge in [-0.3, -0.25) is 0 Å². The monoisotopic (exact) mass is 350 g/mol. The standard InChI is InChI=1S/C8H6N4O2.C8H8N4/c13-12(14)8-9-6-11(10-8)7-4-2-1-3-5-7;9-8-10-6-12(11-8)7-4-2-1-3-5-7/h1-6H;1-6H,(H2,9,11). The highest BCUT2D eigenvalue weighted by atomic mass is 16.6. The first-order valence-electron chi connectivity index (χ1n) is 7.47. The van der Waals surface area contributed by atoms with E-state index in [1.807, 2.05) is 48.5 Å². The van der Waals surface area contributed by atoms with Crippen LogP contribution in [-0.2, 0) is 0 Å². The topological polar surface area (TPSA) is 131 Å². The van der Waals surface area contributed by atoms with Gasteiger partial charge in [0.25, 0.3) is 0 Å². The second kappa shape index (κ2) is 7.66. The molecular formula is C16H14N8O2. The Kier molecular flexibility index (Phi) is 4.94. The van der Waals surface area contributed by atoms with Crippen LogP contribution in [0.25, 0.3) is 11.4 Å². The van der Waals surface area contributed by atoms with Crippen molar-refractivity contribution in [2.75, 3.05) is 5.73 Å². The van der Waals surface area contributed by atoms with E-state index in [2.05, 4.69) is 20.2 Å². The molecule has 0 saturated carbocycles.